The molecule has 1 saturated heterocycles. The minimum atomic E-state index is -2.98. The van der Waals surface area contributed by atoms with Crippen LogP contribution in [0.1, 0.15) is 122 Å². The number of carboxylic acid groups (broad SMARTS) is 1. The fourth-order valence-corrected chi connectivity index (χ4v) is 15.2. The topological polar surface area (TPSA) is 104 Å². The average Bonchev–Trinajstić information content (AvgIpc) is 3.42. The van der Waals surface area contributed by atoms with Crippen LogP contribution in [0.4, 0.5) is 0 Å². The molecule has 50 heavy (non-hydrogen) atoms. The van der Waals surface area contributed by atoms with Gasteiger partial charge in [-0.15, -0.1) is 0 Å². The standard InChI is InChI=1S/C42H62N2O5S/c1-27(2)30-14-19-42(43-35(45)26-44-22-24-50(48,49)25-23-44)21-20-40(6)32(36(30)42)12-13-34-39(5)17-15-31(28-8-10-29(11-9-28)37(46)47)38(3,4)33(39)16-18-41(34,40)7/h8-11,15,27,30,32-34,36H,12-14,16-26H2,1-7H3,(H,43,45)(H,46,47)/t30-,32+,33-,34+,36+,39-,40+,41+,42-/m0/s1. The largest absolute Gasteiger partial charge is 0.478 e. The Kier molecular flexibility index (Phi) is 8.81. The van der Waals surface area contributed by atoms with Crippen LogP contribution in [0.2, 0.25) is 0 Å². The number of nitrogens with zero attached hydrogens (tertiary/aromatic N) is 1. The molecule has 0 unspecified atom stereocenters. The number of amides is 1. The first-order valence-corrected chi connectivity index (χ1v) is 21.5. The summed E-state index contributed by atoms with van der Waals surface area (Å²) in [5.41, 5.74) is 3.28. The molecule has 1 heterocycles. The number of rotatable bonds is 6. The van der Waals surface area contributed by atoms with E-state index in [1.165, 1.54) is 37.7 Å². The molecule has 5 aliphatic carbocycles. The molecule has 2 N–H and O–H groups in total. The van der Waals surface area contributed by atoms with Crippen molar-refractivity contribution in [3.8, 4) is 0 Å². The van der Waals surface area contributed by atoms with Crippen LogP contribution in [-0.4, -0.2) is 67.0 Å². The first-order valence-electron chi connectivity index (χ1n) is 19.7. The lowest BCUT2D eigenvalue weighted by Crippen LogP contribution is -2.68. The van der Waals surface area contributed by atoms with Gasteiger partial charge in [-0.3, -0.25) is 9.69 Å². The number of sulfone groups is 1. The monoisotopic (exact) mass is 706 g/mol. The van der Waals surface area contributed by atoms with Crippen molar-refractivity contribution in [1.82, 2.24) is 10.2 Å². The zero-order valence-electron chi connectivity index (χ0n) is 31.7. The van der Waals surface area contributed by atoms with Gasteiger partial charge in [0.1, 0.15) is 0 Å². The van der Waals surface area contributed by atoms with Crippen LogP contribution < -0.4 is 5.32 Å². The van der Waals surface area contributed by atoms with Crippen LogP contribution in [0.5, 0.6) is 0 Å². The van der Waals surface area contributed by atoms with Gasteiger partial charge in [0.25, 0.3) is 0 Å². The lowest BCUT2D eigenvalue weighted by molar-refractivity contribution is -0.221. The number of aromatic carboxylic acids is 1. The summed E-state index contributed by atoms with van der Waals surface area (Å²) in [6.07, 6.45) is 12.9. The van der Waals surface area contributed by atoms with Crippen LogP contribution in [-0.2, 0) is 14.6 Å². The molecule has 4 saturated carbocycles. The molecule has 8 heteroatoms. The second-order valence-corrected chi connectivity index (χ2v) is 21.5. The number of nitrogens with one attached hydrogen (secondary N) is 1. The van der Waals surface area contributed by atoms with Gasteiger partial charge in [0.15, 0.2) is 9.84 Å². The van der Waals surface area contributed by atoms with Gasteiger partial charge < -0.3 is 10.4 Å². The second-order valence-electron chi connectivity index (χ2n) is 19.2. The Balaban J connectivity index is 1.16. The average molecular weight is 707 g/mol. The third-order valence-corrected chi connectivity index (χ3v) is 18.2. The third kappa shape index (κ3) is 5.46. The predicted octanol–water partition coefficient (Wildman–Crippen LogP) is 7.71. The van der Waals surface area contributed by atoms with Crippen LogP contribution in [0.25, 0.3) is 5.57 Å². The van der Waals surface area contributed by atoms with Gasteiger partial charge in [0, 0.05) is 18.6 Å². The molecular weight excluding hydrogens is 645 g/mol. The normalized spacial score (nSPS) is 42.0. The number of benzene rings is 1. The molecule has 5 fully saturated rings. The minimum Gasteiger partial charge on any atom is -0.478 e. The molecule has 7 nitrogen and oxygen atoms in total. The molecule has 0 aromatic heterocycles. The smallest absolute Gasteiger partial charge is 0.335 e. The van der Waals surface area contributed by atoms with Crippen LogP contribution in [0.15, 0.2) is 30.3 Å². The Hall–Kier alpha value is -2.19. The SMILES string of the molecule is CC(C)[C@@H]1CC[C@]2(NC(=O)CN3CCS(=O)(=O)CC3)CC[C@]3(C)[C@H](CC[C@@H]4[C@@]5(C)CC=C(c6ccc(C(=O)O)cc6)C(C)(C)[C@@H]5CC[C@]43C)[C@@H]12. The summed E-state index contributed by atoms with van der Waals surface area (Å²) in [5.74, 6) is 2.88. The molecule has 1 aromatic carbocycles. The van der Waals surface area contributed by atoms with Crippen molar-refractivity contribution in [2.75, 3.05) is 31.1 Å². The van der Waals surface area contributed by atoms with Crippen molar-refractivity contribution >= 4 is 27.3 Å². The molecule has 9 atom stereocenters. The van der Waals surface area contributed by atoms with Crippen molar-refractivity contribution in [1.29, 1.82) is 0 Å². The summed E-state index contributed by atoms with van der Waals surface area (Å²) in [7, 11) is -2.98. The maximum atomic E-state index is 13.8. The number of hydrogen-bond donors (Lipinski definition) is 2. The maximum Gasteiger partial charge on any atom is 0.335 e. The van der Waals surface area contributed by atoms with Gasteiger partial charge in [0.05, 0.1) is 23.6 Å². The molecule has 6 aliphatic rings. The Bertz CT molecular complexity index is 1650. The summed E-state index contributed by atoms with van der Waals surface area (Å²) in [4.78, 5) is 27.4. The highest BCUT2D eigenvalue weighted by Crippen LogP contribution is 2.76. The molecule has 1 amide bonds. The van der Waals surface area contributed by atoms with Crippen molar-refractivity contribution in [2.24, 2.45) is 57.2 Å². The van der Waals surface area contributed by atoms with Gasteiger partial charge in [-0.1, -0.05) is 66.7 Å². The summed E-state index contributed by atoms with van der Waals surface area (Å²) in [6.45, 7) is 18.8. The summed E-state index contributed by atoms with van der Waals surface area (Å²) in [5, 5.41) is 13.2. The summed E-state index contributed by atoms with van der Waals surface area (Å²) in [6, 6.07) is 7.52. The molecule has 0 radical (unpaired) electrons. The van der Waals surface area contributed by atoms with Gasteiger partial charge in [-0.25, -0.2) is 13.2 Å². The summed E-state index contributed by atoms with van der Waals surface area (Å²) < 4.78 is 24.0. The van der Waals surface area contributed by atoms with E-state index in [1.54, 1.807) is 12.1 Å². The van der Waals surface area contributed by atoms with E-state index in [4.69, 9.17) is 0 Å². The minimum absolute atomic E-state index is 0.0183. The fraction of sp³-hybridized carbons (Fsp3) is 0.762. The van der Waals surface area contributed by atoms with Crippen LogP contribution in [0, 0.1) is 57.2 Å². The molecule has 0 spiro atoms. The van der Waals surface area contributed by atoms with E-state index in [9.17, 15) is 23.1 Å². The van der Waals surface area contributed by atoms with Crippen molar-refractivity contribution in [2.45, 2.75) is 112 Å². The first-order chi connectivity index (χ1) is 23.4. The molecule has 0 bridgehead atoms. The highest BCUT2D eigenvalue weighted by molar-refractivity contribution is 7.91. The number of carbonyl (C=O) groups is 2. The molecule has 1 aliphatic heterocycles. The van der Waals surface area contributed by atoms with E-state index < -0.39 is 15.8 Å². The van der Waals surface area contributed by atoms with Crippen molar-refractivity contribution in [3.63, 3.8) is 0 Å². The molecule has 1 aromatic rings. The lowest BCUT2D eigenvalue weighted by atomic mass is 9.33. The Labute approximate surface area is 301 Å². The molecular formula is C42H62N2O5S. The van der Waals surface area contributed by atoms with E-state index in [1.807, 2.05) is 17.0 Å². The third-order valence-electron chi connectivity index (χ3n) is 16.6. The Morgan fingerprint density at radius 1 is 0.880 bits per heavy atom. The zero-order chi connectivity index (χ0) is 36.1. The summed E-state index contributed by atoms with van der Waals surface area (Å²) >= 11 is 0. The van der Waals surface area contributed by atoms with Gasteiger partial charge in [0.2, 0.25) is 5.91 Å². The highest BCUT2D eigenvalue weighted by Gasteiger charge is 2.70. The van der Waals surface area contributed by atoms with Gasteiger partial charge in [-0.05, 0) is 138 Å². The van der Waals surface area contributed by atoms with Crippen LogP contribution >= 0.6 is 0 Å². The van der Waals surface area contributed by atoms with Gasteiger partial charge in [-0.2, -0.15) is 0 Å². The molecule has 276 valence electrons. The molecule has 7 rings (SSSR count). The van der Waals surface area contributed by atoms with E-state index in [0.29, 0.717) is 60.7 Å². The quantitative estimate of drug-likeness (QED) is 0.314. The van der Waals surface area contributed by atoms with Crippen molar-refractivity contribution in [3.05, 3.63) is 41.5 Å². The maximum absolute atomic E-state index is 13.8. The predicted molar refractivity (Wildman–Crippen MR) is 199 cm³/mol. The van der Waals surface area contributed by atoms with Crippen molar-refractivity contribution < 1.29 is 23.1 Å². The van der Waals surface area contributed by atoms with E-state index in [-0.39, 0.29) is 44.6 Å². The number of carbonyl (C=O) groups excluding carboxylic acids is 1. The number of carboxylic acids is 1. The van der Waals surface area contributed by atoms with Crippen LogP contribution in [0.3, 0.4) is 0 Å². The first kappa shape index (κ1) is 36.2. The number of fused-ring (bicyclic) bond motifs is 7. The van der Waals surface area contributed by atoms with Gasteiger partial charge >= 0.3 is 5.97 Å². The van der Waals surface area contributed by atoms with E-state index >= 15 is 0 Å². The van der Waals surface area contributed by atoms with E-state index in [2.05, 4.69) is 59.9 Å². The Morgan fingerprint density at radius 2 is 1.56 bits per heavy atom. The lowest BCUT2D eigenvalue weighted by Gasteiger charge is -2.72. The van der Waals surface area contributed by atoms with E-state index in [0.717, 1.165) is 31.2 Å². The second kappa shape index (κ2) is 12.2. The number of hydrogen-bond acceptors (Lipinski definition) is 5. The number of allylic oxidation sites excluding steroid dienone is 2. The highest BCUT2D eigenvalue weighted by atomic mass is 32.2. The fourth-order valence-electron chi connectivity index (χ4n) is 13.9. The zero-order valence-corrected chi connectivity index (χ0v) is 32.5. The Morgan fingerprint density at radius 3 is 2.20 bits per heavy atom.